The van der Waals surface area contributed by atoms with Crippen LogP contribution in [0.3, 0.4) is 0 Å². The van der Waals surface area contributed by atoms with E-state index in [4.69, 9.17) is 4.74 Å². The molecule has 4 nitrogen and oxygen atoms in total. The van der Waals surface area contributed by atoms with E-state index in [-0.39, 0.29) is 12.1 Å². The summed E-state index contributed by atoms with van der Waals surface area (Å²) in [6, 6.07) is 10.6. The number of benzene rings is 1. The number of carbonyl (C=O) groups is 1. The molecule has 2 unspecified atom stereocenters. The quantitative estimate of drug-likeness (QED) is 0.896. The van der Waals surface area contributed by atoms with Crippen LogP contribution in [0, 0.1) is 5.92 Å². The molecule has 1 amide bonds. The lowest BCUT2D eigenvalue weighted by atomic mass is 9.95. The standard InChI is InChI=1S/C17H26N2O2/c1-17(2,3)21-16(20)19-15-12-18-11-14(15)10-9-13-7-5-4-6-8-13/h4-8,14-15,18H,9-12H2,1-3H3,(H,19,20). The van der Waals surface area contributed by atoms with Crippen molar-refractivity contribution >= 4 is 6.09 Å². The van der Waals surface area contributed by atoms with Crippen LogP contribution in [0.4, 0.5) is 4.79 Å². The van der Waals surface area contributed by atoms with Crippen molar-refractivity contribution in [2.75, 3.05) is 13.1 Å². The highest BCUT2D eigenvalue weighted by Gasteiger charge is 2.29. The zero-order chi connectivity index (χ0) is 15.3. The van der Waals surface area contributed by atoms with E-state index in [1.54, 1.807) is 0 Å². The summed E-state index contributed by atoms with van der Waals surface area (Å²) in [7, 11) is 0. The van der Waals surface area contributed by atoms with E-state index in [1.807, 2.05) is 26.8 Å². The Kier molecular flexibility index (Phi) is 5.23. The fourth-order valence-corrected chi connectivity index (χ4v) is 2.66. The third kappa shape index (κ3) is 5.38. The summed E-state index contributed by atoms with van der Waals surface area (Å²) >= 11 is 0. The maximum absolute atomic E-state index is 11.9. The van der Waals surface area contributed by atoms with E-state index in [2.05, 4.69) is 34.9 Å². The van der Waals surface area contributed by atoms with Gasteiger partial charge in [-0.25, -0.2) is 4.79 Å². The van der Waals surface area contributed by atoms with Crippen LogP contribution in [0.2, 0.25) is 0 Å². The lowest BCUT2D eigenvalue weighted by Gasteiger charge is -2.24. The van der Waals surface area contributed by atoms with Crippen molar-refractivity contribution in [3.05, 3.63) is 35.9 Å². The average Bonchev–Trinajstić information content (AvgIpc) is 2.82. The van der Waals surface area contributed by atoms with Gasteiger partial charge in [-0.2, -0.15) is 0 Å². The molecule has 0 radical (unpaired) electrons. The van der Waals surface area contributed by atoms with Crippen LogP contribution in [-0.4, -0.2) is 30.8 Å². The van der Waals surface area contributed by atoms with Crippen LogP contribution in [0.1, 0.15) is 32.8 Å². The number of amides is 1. The van der Waals surface area contributed by atoms with Gasteiger partial charge < -0.3 is 15.4 Å². The summed E-state index contributed by atoms with van der Waals surface area (Å²) in [5, 5.41) is 6.35. The second kappa shape index (κ2) is 6.94. The number of rotatable bonds is 4. The first-order valence-corrected chi connectivity index (χ1v) is 7.68. The number of ether oxygens (including phenoxy) is 1. The van der Waals surface area contributed by atoms with Gasteiger partial charge in [0.2, 0.25) is 0 Å². The molecule has 1 aromatic rings. The molecular formula is C17H26N2O2. The Morgan fingerprint density at radius 1 is 1.29 bits per heavy atom. The Morgan fingerprint density at radius 3 is 2.67 bits per heavy atom. The van der Waals surface area contributed by atoms with E-state index >= 15 is 0 Å². The molecule has 2 atom stereocenters. The Hall–Kier alpha value is -1.55. The molecule has 0 aliphatic carbocycles. The molecule has 1 aromatic carbocycles. The van der Waals surface area contributed by atoms with Crippen molar-refractivity contribution in [2.45, 2.75) is 45.3 Å². The smallest absolute Gasteiger partial charge is 0.407 e. The molecule has 1 aliphatic rings. The molecule has 1 fully saturated rings. The summed E-state index contributed by atoms with van der Waals surface area (Å²) in [6.07, 6.45) is 1.79. The molecule has 0 spiro atoms. The third-order valence-corrected chi connectivity index (χ3v) is 3.69. The minimum atomic E-state index is -0.449. The number of carbonyl (C=O) groups excluding carboxylic acids is 1. The lowest BCUT2D eigenvalue weighted by Crippen LogP contribution is -2.43. The van der Waals surface area contributed by atoms with Crippen LogP contribution >= 0.6 is 0 Å². The van der Waals surface area contributed by atoms with E-state index < -0.39 is 5.60 Å². The number of alkyl carbamates (subject to hydrolysis) is 1. The Balaban J connectivity index is 1.81. The van der Waals surface area contributed by atoms with Gasteiger partial charge in [0.05, 0.1) is 0 Å². The number of aryl methyl sites for hydroxylation is 1. The normalized spacial score (nSPS) is 22.0. The third-order valence-electron chi connectivity index (χ3n) is 3.69. The van der Waals surface area contributed by atoms with Gasteiger partial charge >= 0.3 is 6.09 Å². The number of hydrogen-bond acceptors (Lipinski definition) is 3. The first-order chi connectivity index (χ1) is 9.94. The lowest BCUT2D eigenvalue weighted by molar-refractivity contribution is 0.0496. The van der Waals surface area contributed by atoms with Crippen LogP contribution in [0.5, 0.6) is 0 Å². The van der Waals surface area contributed by atoms with Gasteiger partial charge in [-0.05, 0) is 45.1 Å². The summed E-state index contributed by atoms with van der Waals surface area (Å²) in [5.74, 6) is 0.456. The average molecular weight is 290 g/mol. The molecule has 1 aliphatic heterocycles. The van der Waals surface area contributed by atoms with Crippen LogP contribution < -0.4 is 10.6 Å². The highest BCUT2D eigenvalue weighted by atomic mass is 16.6. The molecule has 2 rings (SSSR count). The molecule has 21 heavy (non-hydrogen) atoms. The highest BCUT2D eigenvalue weighted by Crippen LogP contribution is 2.17. The first-order valence-electron chi connectivity index (χ1n) is 7.68. The first kappa shape index (κ1) is 15.8. The minimum Gasteiger partial charge on any atom is -0.444 e. The maximum atomic E-state index is 11.9. The van der Waals surface area contributed by atoms with Crippen molar-refractivity contribution in [1.29, 1.82) is 0 Å². The van der Waals surface area contributed by atoms with Gasteiger partial charge in [-0.3, -0.25) is 0 Å². The van der Waals surface area contributed by atoms with Crippen LogP contribution in [0.25, 0.3) is 0 Å². The SMILES string of the molecule is CC(C)(C)OC(=O)NC1CNCC1CCc1ccccc1. The van der Waals surface area contributed by atoms with Gasteiger partial charge in [0.15, 0.2) is 0 Å². The topological polar surface area (TPSA) is 50.4 Å². The molecule has 116 valence electrons. The monoisotopic (exact) mass is 290 g/mol. The van der Waals surface area contributed by atoms with Gasteiger partial charge in [-0.15, -0.1) is 0 Å². The summed E-state index contributed by atoms with van der Waals surface area (Å²) < 4.78 is 5.33. The Morgan fingerprint density at radius 2 is 2.00 bits per heavy atom. The van der Waals surface area contributed by atoms with Gasteiger partial charge in [0, 0.05) is 19.1 Å². The highest BCUT2D eigenvalue weighted by molar-refractivity contribution is 5.68. The van der Waals surface area contributed by atoms with E-state index in [1.165, 1.54) is 5.56 Å². The van der Waals surface area contributed by atoms with Gasteiger partial charge in [0.25, 0.3) is 0 Å². The zero-order valence-corrected chi connectivity index (χ0v) is 13.2. The molecule has 0 bridgehead atoms. The molecule has 0 aromatic heterocycles. The molecule has 4 heteroatoms. The largest absolute Gasteiger partial charge is 0.444 e. The molecule has 1 saturated heterocycles. The Labute approximate surface area is 127 Å². The summed E-state index contributed by atoms with van der Waals surface area (Å²) in [6.45, 7) is 7.41. The maximum Gasteiger partial charge on any atom is 0.407 e. The van der Waals surface area contributed by atoms with Crippen molar-refractivity contribution in [2.24, 2.45) is 5.92 Å². The van der Waals surface area contributed by atoms with Crippen molar-refractivity contribution in [3.8, 4) is 0 Å². The molecule has 0 saturated carbocycles. The van der Waals surface area contributed by atoms with Crippen LogP contribution in [0.15, 0.2) is 30.3 Å². The second-order valence-electron chi connectivity index (χ2n) is 6.70. The number of hydrogen-bond donors (Lipinski definition) is 2. The van der Waals surface area contributed by atoms with Crippen molar-refractivity contribution in [1.82, 2.24) is 10.6 Å². The van der Waals surface area contributed by atoms with Crippen LogP contribution in [-0.2, 0) is 11.2 Å². The van der Waals surface area contributed by atoms with E-state index in [9.17, 15) is 4.79 Å². The van der Waals surface area contributed by atoms with E-state index in [0.29, 0.717) is 5.92 Å². The summed E-state index contributed by atoms with van der Waals surface area (Å²) in [4.78, 5) is 11.9. The van der Waals surface area contributed by atoms with Crippen molar-refractivity contribution in [3.63, 3.8) is 0 Å². The van der Waals surface area contributed by atoms with Gasteiger partial charge in [0.1, 0.15) is 5.60 Å². The molecule has 1 heterocycles. The fourth-order valence-electron chi connectivity index (χ4n) is 2.66. The zero-order valence-electron chi connectivity index (χ0n) is 13.2. The van der Waals surface area contributed by atoms with Crippen molar-refractivity contribution < 1.29 is 9.53 Å². The summed E-state index contributed by atoms with van der Waals surface area (Å²) in [5.41, 5.74) is 0.899. The van der Waals surface area contributed by atoms with E-state index in [0.717, 1.165) is 25.9 Å². The molecule has 2 N–H and O–H groups in total. The second-order valence-corrected chi connectivity index (χ2v) is 6.70. The number of nitrogens with one attached hydrogen (secondary N) is 2. The fraction of sp³-hybridized carbons (Fsp3) is 0.588. The minimum absolute atomic E-state index is 0.156. The Bertz CT molecular complexity index is 454. The van der Waals surface area contributed by atoms with Gasteiger partial charge in [-0.1, -0.05) is 30.3 Å². The molecular weight excluding hydrogens is 264 g/mol. The predicted molar refractivity (Wildman–Crippen MR) is 84.3 cm³/mol. The predicted octanol–water partition coefficient (Wildman–Crippen LogP) is 2.73.